The molecule has 2 fully saturated rings. The maximum atomic E-state index is 12.1. The molecule has 0 aromatic heterocycles. The van der Waals surface area contributed by atoms with Gasteiger partial charge in [0.05, 0.1) is 11.5 Å². The number of hydrogen-bond acceptors (Lipinski definition) is 4. The summed E-state index contributed by atoms with van der Waals surface area (Å²) in [6.45, 7) is 1.13. The van der Waals surface area contributed by atoms with E-state index in [0.29, 0.717) is 38.8 Å². The van der Waals surface area contributed by atoms with Crippen molar-refractivity contribution in [1.82, 2.24) is 10.2 Å². The van der Waals surface area contributed by atoms with Gasteiger partial charge in [0, 0.05) is 25.6 Å². The normalized spacial score (nSPS) is 23.7. The number of carbonyl (C=O) groups excluding carboxylic acids is 1. The molecule has 120 valence electrons. The maximum Gasteiger partial charge on any atom is 0.317 e. The van der Waals surface area contributed by atoms with Gasteiger partial charge in [-0.15, -0.1) is 0 Å². The number of likely N-dealkylation sites (tertiary alicyclic amines) is 1. The molecule has 21 heavy (non-hydrogen) atoms. The fraction of sp³-hybridized carbons (Fsp3) is 0.846. The van der Waals surface area contributed by atoms with Crippen molar-refractivity contribution in [3.63, 3.8) is 0 Å². The van der Waals surface area contributed by atoms with E-state index in [1.807, 2.05) is 0 Å². The molecule has 2 rings (SSSR count). The Balaban J connectivity index is 1.74. The Hall–Kier alpha value is -1.31. The topological polar surface area (TPSA) is 104 Å². The van der Waals surface area contributed by atoms with Crippen LogP contribution in [-0.2, 0) is 14.6 Å². The third kappa shape index (κ3) is 4.87. The van der Waals surface area contributed by atoms with Crippen LogP contribution >= 0.6 is 0 Å². The molecule has 0 aromatic carbocycles. The first-order valence-corrected chi connectivity index (χ1v) is 9.15. The summed E-state index contributed by atoms with van der Waals surface area (Å²) in [6, 6.07) is -0.231. The second-order valence-corrected chi connectivity index (χ2v) is 8.21. The number of carboxylic acids is 1. The number of rotatable bonds is 3. The van der Waals surface area contributed by atoms with Crippen LogP contribution in [-0.4, -0.2) is 61.1 Å². The highest BCUT2D eigenvalue weighted by Crippen LogP contribution is 2.21. The lowest BCUT2D eigenvalue weighted by atomic mass is 9.94. The predicted octanol–water partition coefficient (Wildman–Crippen LogP) is 0.460. The van der Waals surface area contributed by atoms with Gasteiger partial charge >= 0.3 is 12.0 Å². The standard InChI is InChI=1S/C13H22N2O5S/c16-12(17)9-10-1-5-15(6-2-10)13(18)14-11-3-7-21(19,20)8-4-11/h10-11H,1-9H2,(H,14,18)(H,16,17). The van der Waals surface area contributed by atoms with E-state index in [2.05, 4.69) is 5.32 Å². The second-order valence-electron chi connectivity index (χ2n) is 5.90. The van der Waals surface area contributed by atoms with Crippen LogP contribution < -0.4 is 5.32 Å². The van der Waals surface area contributed by atoms with E-state index in [9.17, 15) is 18.0 Å². The third-order valence-electron chi connectivity index (χ3n) is 4.25. The molecule has 0 unspecified atom stereocenters. The van der Waals surface area contributed by atoms with Crippen LogP contribution in [0.4, 0.5) is 4.79 Å². The zero-order valence-electron chi connectivity index (χ0n) is 12.0. The van der Waals surface area contributed by atoms with Crippen molar-refractivity contribution in [2.24, 2.45) is 5.92 Å². The Morgan fingerprint density at radius 3 is 2.19 bits per heavy atom. The first-order valence-electron chi connectivity index (χ1n) is 7.33. The summed E-state index contributed by atoms with van der Waals surface area (Å²) in [6.07, 6.45) is 2.53. The summed E-state index contributed by atoms with van der Waals surface area (Å²) in [4.78, 5) is 24.5. The molecule has 0 aromatic rings. The zero-order chi connectivity index (χ0) is 15.5. The van der Waals surface area contributed by atoms with E-state index < -0.39 is 15.8 Å². The predicted molar refractivity (Wildman–Crippen MR) is 76.8 cm³/mol. The van der Waals surface area contributed by atoms with Gasteiger partial charge in [-0.05, 0) is 31.6 Å². The lowest BCUT2D eigenvalue weighted by Crippen LogP contribution is -2.49. The third-order valence-corrected chi connectivity index (χ3v) is 5.96. The zero-order valence-corrected chi connectivity index (χ0v) is 12.8. The minimum atomic E-state index is -2.92. The summed E-state index contributed by atoms with van der Waals surface area (Å²) in [5.41, 5.74) is 0. The lowest BCUT2D eigenvalue weighted by Gasteiger charge is -2.33. The van der Waals surface area contributed by atoms with Gasteiger partial charge in [-0.2, -0.15) is 0 Å². The van der Waals surface area contributed by atoms with Gasteiger partial charge in [-0.1, -0.05) is 0 Å². The quantitative estimate of drug-likeness (QED) is 0.787. The molecular formula is C13H22N2O5S. The first-order chi connectivity index (χ1) is 9.85. The average molecular weight is 318 g/mol. The van der Waals surface area contributed by atoms with E-state index in [1.54, 1.807) is 4.90 Å². The van der Waals surface area contributed by atoms with Crippen molar-refractivity contribution in [2.75, 3.05) is 24.6 Å². The van der Waals surface area contributed by atoms with Crippen LogP contribution in [0.2, 0.25) is 0 Å². The summed E-state index contributed by atoms with van der Waals surface area (Å²) < 4.78 is 22.7. The highest BCUT2D eigenvalue weighted by molar-refractivity contribution is 7.91. The number of aliphatic carboxylic acids is 1. The van der Waals surface area contributed by atoms with Crippen LogP contribution in [0.15, 0.2) is 0 Å². The van der Waals surface area contributed by atoms with Gasteiger partial charge in [0.15, 0.2) is 0 Å². The van der Waals surface area contributed by atoms with Crippen molar-refractivity contribution < 1.29 is 23.1 Å². The van der Waals surface area contributed by atoms with Gasteiger partial charge < -0.3 is 15.3 Å². The SMILES string of the molecule is O=C(O)CC1CCN(C(=O)NC2CCS(=O)(=O)CC2)CC1. The molecule has 2 aliphatic heterocycles. The van der Waals surface area contributed by atoms with Gasteiger partial charge in [0.25, 0.3) is 0 Å². The number of sulfone groups is 1. The first kappa shape index (κ1) is 16.1. The Kier molecular flexibility index (Phi) is 5.08. The van der Waals surface area contributed by atoms with Gasteiger partial charge in [-0.3, -0.25) is 4.79 Å². The molecule has 0 atom stereocenters. The fourth-order valence-corrected chi connectivity index (χ4v) is 4.38. The van der Waals surface area contributed by atoms with Crippen molar-refractivity contribution >= 4 is 21.8 Å². The van der Waals surface area contributed by atoms with Crippen molar-refractivity contribution in [3.8, 4) is 0 Å². The van der Waals surface area contributed by atoms with E-state index in [1.165, 1.54) is 0 Å². The molecule has 2 aliphatic rings. The number of hydrogen-bond donors (Lipinski definition) is 2. The van der Waals surface area contributed by atoms with Crippen LogP contribution in [0.3, 0.4) is 0 Å². The molecular weight excluding hydrogens is 296 g/mol. The molecule has 2 heterocycles. The average Bonchev–Trinajstić information content (AvgIpc) is 2.41. The minimum Gasteiger partial charge on any atom is -0.481 e. The Labute approximate surface area is 124 Å². The van der Waals surface area contributed by atoms with Crippen LogP contribution in [0, 0.1) is 5.92 Å². The molecule has 8 heteroatoms. The lowest BCUT2D eigenvalue weighted by molar-refractivity contribution is -0.138. The number of carbonyl (C=O) groups is 2. The van der Waals surface area contributed by atoms with Crippen molar-refractivity contribution in [2.45, 2.75) is 38.1 Å². The molecule has 2 amide bonds. The Morgan fingerprint density at radius 2 is 1.67 bits per heavy atom. The van der Waals surface area contributed by atoms with E-state index in [4.69, 9.17) is 5.11 Å². The van der Waals surface area contributed by atoms with Crippen molar-refractivity contribution in [1.29, 1.82) is 0 Å². The van der Waals surface area contributed by atoms with Gasteiger partial charge in [-0.25, -0.2) is 13.2 Å². The molecule has 7 nitrogen and oxygen atoms in total. The summed E-state index contributed by atoms with van der Waals surface area (Å²) in [5.74, 6) is -0.371. The monoisotopic (exact) mass is 318 g/mol. The fourth-order valence-electron chi connectivity index (χ4n) is 2.89. The molecule has 0 spiro atoms. The molecule has 2 saturated heterocycles. The van der Waals surface area contributed by atoms with Crippen molar-refractivity contribution in [3.05, 3.63) is 0 Å². The van der Waals surface area contributed by atoms with Crippen LogP contribution in [0.1, 0.15) is 32.1 Å². The van der Waals surface area contributed by atoms with Gasteiger partial charge in [0.2, 0.25) is 0 Å². The molecule has 0 radical (unpaired) electrons. The summed E-state index contributed by atoms with van der Waals surface area (Å²) in [5, 5.41) is 11.6. The van der Waals surface area contributed by atoms with E-state index in [0.717, 1.165) is 0 Å². The number of nitrogens with zero attached hydrogens (tertiary/aromatic N) is 1. The molecule has 2 N–H and O–H groups in total. The molecule has 0 bridgehead atoms. The smallest absolute Gasteiger partial charge is 0.317 e. The number of urea groups is 1. The number of carboxylic acid groups (broad SMARTS) is 1. The number of amides is 2. The van der Waals surface area contributed by atoms with E-state index in [-0.39, 0.29) is 35.9 Å². The van der Waals surface area contributed by atoms with Gasteiger partial charge in [0.1, 0.15) is 9.84 Å². The largest absolute Gasteiger partial charge is 0.481 e. The molecule has 0 saturated carbocycles. The number of nitrogens with one attached hydrogen (secondary N) is 1. The van der Waals surface area contributed by atoms with Crippen LogP contribution in [0.25, 0.3) is 0 Å². The van der Waals surface area contributed by atoms with Crippen LogP contribution in [0.5, 0.6) is 0 Å². The summed E-state index contributed by atoms with van der Waals surface area (Å²) >= 11 is 0. The van der Waals surface area contributed by atoms with E-state index >= 15 is 0 Å². The highest BCUT2D eigenvalue weighted by atomic mass is 32.2. The number of piperidine rings is 1. The Bertz CT molecular complexity index is 483. The summed E-state index contributed by atoms with van der Waals surface area (Å²) in [7, 11) is -2.92. The Morgan fingerprint density at radius 1 is 1.10 bits per heavy atom. The highest BCUT2D eigenvalue weighted by Gasteiger charge is 2.28. The minimum absolute atomic E-state index is 0.0715. The maximum absolute atomic E-state index is 12.1. The molecule has 0 aliphatic carbocycles. The second kappa shape index (κ2) is 6.64.